The number of piperidine rings is 1. The number of hydrogen-bond donors (Lipinski definition) is 2. The second-order valence-corrected chi connectivity index (χ2v) is 10.4. The molecule has 0 unspecified atom stereocenters. The molecule has 10 heteroatoms. The maximum atomic E-state index is 12.8. The number of carbonyl (C=O) groups excluding carboxylic acids is 1. The van der Waals surface area contributed by atoms with E-state index in [4.69, 9.17) is 17.2 Å². The molecule has 1 fully saturated rings. The van der Waals surface area contributed by atoms with Gasteiger partial charge in [-0.15, -0.1) is 11.3 Å². The number of nitrogens with zero attached hydrogens (tertiary/aromatic N) is 3. The molecule has 1 saturated heterocycles. The number of hydrogen-bond acceptors (Lipinski definition) is 7. The Hall–Kier alpha value is -3.89. The van der Waals surface area contributed by atoms with Crippen molar-refractivity contribution < 1.29 is 9.72 Å². The molecule has 37 heavy (non-hydrogen) atoms. The summed E-state index contributed by atoms with van der Waals surface area (Å²) in [5.41, 5.74) is 4.52. The van der Waals surface area contributed by atoms with Crippen LogP contribution >= 0.6 is 23.6 Å². The zero-order chi connectivity index (χ0) is 25.9. The first-order valence-corrected chi connectivity index (χ1v) is 13.2. The van der Waals surface area contributed by atoms with Crippen LogP contribution in [0.2, 0.25) is 0 Å². The van der Waals surface area contributed by atoms with Crippen LogP contribution < -0.4 is 15.5 Å². The second kappa shape index (κ2) is 10.6. The molecular formula is C27H25N5O3S2. The van der Waals surface area contributed by atoms with Crippen LogP contribution in [0, 0.1) is 17.0 Å². The number of anilines is 2. The number of benzene rings is 3. The molecule has 0 saturated carbocycles. The number of thiocarbonyl (C=S) groups is 1. The molecular weight excluding hydrogens is 506 g/mol. The number of thiazole rings is 1. The van der Waals surface area contributed by atoms with Gasteiger partial charge in [0.25, 0.3) is 11.6 Å². The van der Waals surface area contributed by atoms with E-state index >= 15 is 0 Å². The molecule has 3 aromatic carbocycles. The van der Waals surface area contributed by atoms with E-state index in [0.717, 1.165) is 53.1 Å². The average Bonchev–Trinajstić information content (AvgIpc) is 3.32. The number of aromatic nitrogens is 1. The van der Waals surface area contributed by atoms with E-state index < -0.39 is 10.8 Å². The molecule has 0 aliphatic carbocycles. The number of rotatable bonds is 5. The molecule has 0 radical (unpaired) electrons. The molecule has 2 N–H and O–H groups in total. The largest absolute Gasteiger partial charge is 0.366 e. The third kappa shape index (κ3) is 5.60. The van der Waals surface area contributed by atoms with Crippen molar-refractivity contribution in [2.24, 2.45) is 0 Å². The van der Waals surface area contributed by atoms with Gasteiger partial charge in [-0.3, -0.25) is 20.2 Å². The van der Waals surface area contributed by atoms with Crippen molar-refractivity contribution in [1.29, 1.82) is 0 Å². The van der Waals surface area contributed by atoms with E-state index in [1.807, 2.05) is 35.2 Å². The molecule has 1 aliphatic rings. The van der Waals surface area contributed by atoms with E-state index in [0.29, 0.717) is 11.4 Å². The molecule has 0 spiro atoms. The van der Waals surface area contributed by atoms with Crippen LogP contribution in [0.3, 0.4) is 0 Å². The molecule has 188 valence electrons. The summed E-state index contributed by atoms with van der Waals surface area (Å²) in [6.07, 6.45) is 3.13. The fourth-order valence-corrected chi connectivity index (χ4v) is 5.68. The Balaban J connectivity index is 1.24. The second-order valence-electron chi connectivity index (χ2n) is 8.98. The van der Waals surface area contributed by atoms with Gasteiger partial charge in [0.05, 0.1) is 15.1 Å². The Labute approximate surface area is 223 Å². The van der Waals surface area contributed by atoms with Gasteiger partial charge in [0.15, 0.2) is 5.11 Å². The summed E-state index contributed by atoms with van der Waals surface area (Å²) >= 11 is 6.95. The first-order chi connectivity index (χ1) is 17.9. The fourth-order valence-electron chi connectivity index (χ4n) is 4.40. The Morgan fingerprint density at radius 1 is 1.05 bits per heavy atom. The van der Waals surface area contributed by atoms with Crippen molar-refractivity contribution in [3.63, 3.8) is 0 Å². The topological polar surface area (TPSA) is 100 Å². The van der Waals surface area contributed by atoms with Gasteiger partial charge >= 0.3 is 0 Å². The lowest BCUT2D eigenvalue weighted by Gasteiger charge is -2.28. The lowest BCUT2D eigenvalue weighted by atomic mass is 10.1. The van der Waals surface area contributed by atoms with Crippen molar-refractivity contribution in [3.8, 4) is 10.6 Å². The van der Waals surface area contributed by atoms with Crippen LogP contribution in [-0.2, 0) is 0 Å². The van der Waals surface area contributed by atoms with Gasteiger partial charge in [-0.25, -0.2) is 4.98 Å². The van der Waals surface area contributed by atoms with E-state index in [1.54, 1.807) is 23.5 Å². The third-order valence-electron chi connectivity index (χ3n) is 6.29. The van der Waals surface area contributed by atoms with Gasteiger partial charge in [-0.2, -0.15) is 0 Å². The summed E-state index contributed by atoms with van der Waals surface area (Å²) in [4.78, 5) is 30.8. The van der Waals surface area contributed by atoms with Gasteiger partial charge in [0.2, 0.25) is 0 Å². The molecule has 1 aliphatic heterocycles. The number of aryl methyl sites for hydroxylation is 1. The third-order valence-corrected chi connectivity index (χ3v) is 7.56. The zero-order valence-electron chi connectivity index (χ0n) is 20.2. The fraction of sp³-hybridized carbons (Fsp3) is 0.222. The first kappa shape index (κ1) is 24.8. The summed E-state index contributed by atoms with van der Waals surface area (Å²) in [6, 6.07) is 18.4. The van der Waals surface area contributed by atoms with Crippen molar-refractivity contribution >= 4 is 61.9 Å². The molecule has 1 amide bonds. The molecule has 5 rings (SSSR count). The first-order valence-electron chi connectivity index (χ1n) is 12.0. The number of carbonyl (C=O) groups is 1. The zero-order valence-corrected chi connectivity index (χ0v) is 21.8. The van der Waals surface area contributed by atoms with Crippen LogP contribution in [0.15, 0.2) is 60.7 Å². The van der Waals surface area contributed by atoms with E-state index in [1.165, 1.54) is 11.6 Å². The summed E-state index contributed by atoms with van der Waals surface area (Å²) in [7, 11) is 0. The standard InChI is InChI=1S/C27H25N5O3S2/c1-17-5-11-21-24(15-17)37-26(29-21)18-6-9-20(10-7-18)28-27(36)30-25(33)19-8-12-22(23(16-19)32(34)35)31-13-3-2-4-14-31/h5-12,15-16H,2-4,13-14H2,1H3,(H2,28,30,33,36). The summed E-state index contributed by atoms with van der Waals surface area (Å²) in [6.45, 7) is 3.61. The highest BCUT2D eigenvalue weighted by atomic mass is 32.1. The maximum absolute atomic E-state index is 12.8. The molecule has 4 aromatic rings. The maximum Gasteiger partial charge on any atom is 0.293 e. The SMILES string of the molecule is Cc1ccc2nc(-c3ccc(NC(=S)NC(=O)c4ccc(N5CCCCC5)c([N+](=O)[O-])c4)cc3)sc2c1. The van der Waals surface area contributed by atoms with Crippen molar-refractivity contribution in [2.75, 3.05) is 23.3 Å². The minimum atomic E-state index is -0.507. The number of amides is 1. The van der Waals surface area contributed by atoms with Gasteiger partial charge in [0, 0.05) is 36.0 Å². The Morgan fingerprint density at radius 2 is 1.81 bits per heavy atom. The number of fused-ring (bicyclic) bond motifs is 1. The van der Waals surface area contributed by atoms with E-state index in [-0.39, 0.29) is 16.4 Å². The minimum Gasteiger partial charge on any atom is -0.366 e. The summed E-state index contributed by atoms with van der Waals surface area (Å²) < 4.78 is 1.14. The van der Waals surface area contributed by atoms with Crippen LogP contribution in [-0.4, -0.2) is 34.0 Å². The summed E-state index contributed by atoms with van der Waals surface area (Å²) in [5.74, 6) is -0.507. The average molecular weight is 532 g/mol. The lowest BCUT2D eigenvalue weighted by molar-refractivity contribution is -0.384. The van der Waals surface area contributed by atoms with Crippen LogP contribution in [0.5, 0.6) is 0 Å². The molecule has 2 heterocycles. The monoisotopic (exact) mass is 531 g/mol. The van der Waals surface area contributed by atoms with Crippen molar-refractivity contribution in [1.82, 2.24) is 10.3 Å². The van der Waals surface area contributed by atoms with Crippen LogP contribution in [0.25, 0.3) is 20.8 Å². The van der Waals surface area contributed by atoms with Gasteiger partial charge in [-0.05, 0) is 92.5 Å². The predicted octanol–water partition coefficient (Wildman–Crippen LogP) is 6.30. The minimum absolute atomic E-state index is 0.0750. The van der Waals surface area contributed by atoms with Crippen LogP contribution in [0.1, 0.15) is 35.2 Å². The number of nitro benzene ring substituents is 1. The highest BCUT2D eigenvalue weighted by Crippen LogP contribution is 2.32. The number of nitrogens with one attached hydrogen (secondary N) is 2. The van der Waals surface area contributed by atoms with Crippen LogP contribution in [0.4, 0.5) is 17.1 Å². The van der Waals surface area contributed by atoms with E-state index in [2.05, 4.69) is 29.7 Å². The quantitative estimate of drug-likeness (QED) is 0.177. The smallest absolute Gasteiger partial charge is 0.293 e. The molecule has 0 bridgehead atoms. The van der Waals surface area contributed by atoms with Gasteiger partial charge < -0.3 is 10.2 Å². The van der Waals surface area contributed by atoms with Crippen molar-refractivity contribution in [2.45, 2.75) is 26.2 Å². The highest BCUT2D eigenvalue weighted by Gasteiger charge is 2.23. The predicted molar refractivity (Wildman–Crippen MR) is 153 cm³/mol. The highest BCUT2D eigenvalue weighted by molar-refractivity contribution is 7.80. The van der Waals surface area contributed by atoms with E-state index in [9.17, 15) is 14.9 Å². The van der Waals surface area contributed by atoms with Gasteiger partial charge in [0.1, 0.15) is 10.7 Å². The van der Waals surface area contributed by atoms with Gasteiger partial charge in [-0.1, -0.05) is 6.07 Å². The molecule has 8 nitrogen and oxygen atoms in total. The molecule has 0 atom stereocenters. The lowest BCUT2D eigenvalue weighted by Crippen LogP contribution is -2.34. The number of nitro groups is 1. The summed E-state index contributed by atoms with van der Waals surface area (Å²) in [5, 5.41) is 18.3. The van der Waals surface area contributed by atoms with Crippen molar-refractivity contribution in [3.05, 3.63) is 81.9 Å². The molecule has 1 aromatic heterocycles. The Bertz CT molecular complexity index is 1490. The normalized spacial score (nSPS) is 13.4. The Kier molecular flexibility index (Phi) is 7.11. The Morgan fingerprint density at radius 3 is 2.54 bits per heavy atom.